The summed E-state index contributed by atoms with van der Waals surface area (Å²) >= 11 is 1.77. The van der Waals surface area contributed by atoms with Gasteiger partial charge in [0.1, 0.15) is 5.75 Å². The number of rotatable bonds is 5. The molecule has 0 bridgehead atoms. The summed E-state index contributed by atoms with van der Waals surface area (Å²) in [4.78, 5) is 8.63. The van der Waals surface area contributed by atoms with Crippen molar-refractivity contribution in [2.24, 2.45) is 10.4 Å². The van der Waals surface area contributed by atoms with Gasteiger partial charge in [-0.15, -0.1) is 35.3 Å². The van der Waals surface area contributed by atoms with Gasteiger partial charge in [-0.05, 0) is 54.5 Å². The first kappa shape index (κ1) is 22.4. The van der Waals surface area contributed by atoms with E-state index in [2.05, 4.69) is 40.7 Å². The largest absolute Gasteiger partial charge is 0.497 e. The molecule has 158 valence electrons. The highest BCUT2D eigenvalue weighted by Gasteiger charge is 2.42. The zero-order chi connectivity index (χ0) is 19.4. The van der Waals surface area contributed by atoms with E-state index in [0.29, 0.717) is 12.0 Å². The maximum atomic E-state index is 5.67. The van der Waals surface area contributed by atoms with E-state index in [4.69, 9.17) is 14.5 Å². The highest BCUT2D eigenvalue weighted by Crippen LogP contribution is 2.38. The number of ether oxygens (including phenoxy) is 2. The molecule has 5 nitrogen and oxygen atoms in total. The first-order chi connectivity index (χ1) is 13.7. The zero-order valence-electron chi connectivity index (χ0n) is 17.1. The molecule has 1 aromatic carbocycles. The Kier molecular flexibility index (Phi) is 7.81. The SMILES string of the molecule is CCNC(=NCc1cc(-c2ccc(OC)cc2)cs1)N1CCC2(CCOC2)C1.I. The molecule has 2 aliphatic rings. The van der Waals surface area contributed by atoms with Crippen LogP contribution in [0.15, 0.2) is 40.7 Å². The molecule has 0 saturated carbocycles. The number of guanidine groups is 1. The van der Waals surface area contributed by atoms with Crippen LogP contribution in [-0.2, 0) is 11.3 Å². The van der Waals surface area contributed by atoms with Crippen molar-refractivity contribution in [2.45, 2.75) is 26.3 Å². The van der Waals surface area contributed by atoms with E-state index in [1.54, 1.807) is 18.4 Å². The van der Waals surface area contributed by atoms with Crippen LogP contribution in [0.1, 0.15) is 24.6 Å². The Bertz CT molecular complexity index is 816. The molecule has 2 saturated heterocycles. The van der Waals surface area contributed by atoms with Gasteiger partial charge >= 0.3 is 0 Å². The van der Waals surface area contributed by atoms with E-state index in [1.165, 1.54) is 28.8 Å². The van der Waals surface area contributed by atoms with E-state index >= 15 is 0 Å². The summed E-state index contributed by atoms with van der Waals surface area (Å²) in [6.07, 6.45) is 2.39. The van der Waals surface area contributed by atoms with Gasteiger partial charge in [-0.25, -0.2) is 4.99 Å². The summed E-state index contributed by atoms with van der Waals surface area (Å²) < 4.78 is 10.9. The highest BCUT2D eigenvalue weighted by molar-refractivity contribution is 14.0. The van der Waals surface area contributed by atoms with Crippen molar-refractivity contribution in [3.63, 3.8) is 0 Å². The molecule has 4 rings (SSSR count). The number of methoxy groups -OCH3 is 1. The predicted molar refractivity (Wildman–Crippen MR) is 131 cm³/mol. The number of hydrogen-bond donors (Lipinski definition) is 1. The summed E-state index contributed by atoms with van der Waals surface area (Å²) in [5.74, 6) is 1.92. The molecule has 1 atom stereocenters. The Morgan fingerprint density at radius 3 is 2.79 bits per heavy atom. The molecule has 2 fully saturated rings. The third-order valence-electron chi connectivity index (χ3n) is 5.72. The molecule has 0 aliphatic carbocycles. The minimum Gasteiger partial charge on any atom is -0.497 e. The average molecular weight is 527 g/mol. The summed E-state index contributed by atoms with van der Waals surface area (Å²) in [6, 6.07) is 10.5. The lowest BCUT2D eigenvalue weighted by Gasteiger charge is -2.24. The van der Waals surface area contributed by atoms with E-state index < -0.39 is 0 Å². The summed E-state index contributed by atoms with van der Waals surface area (Å²) in [5.41, 5.74) is 2.80. The number of nitrogens with zero attached hydrogens (tertiary/aromatic N) is 2. The van der Waals surface area contributed by atoms with Crippen LogP contribution in [0.4, 0.5) is 0 Å². The van der Waals surface area contributed by atoms with E-state index in [1.807, 2.05) is 12.1 Å². The Balaban J connectivity index is 0.00000240. The molecule has 1 unspecified atom stereocenters. The number of nitrogens with one attached hydrogen (secondary N) is 1. The molecule has 1 N–H and O–H groups in total. The van der Waals surface area contributed by atoms with Crippen LogP contribution in [0.2, 0.25) is 0 Å². The van der Waals surface area contributed by atoms with Gasteiger partial charge in [0.05, 0.1) is 20.3 Å². The molecule has 0 radical (unpaired) electrons. The Labute approximate surface area is 194 Å². The van der Waals surface area contributed by atoms with Crippen molar-refractivity contribution in [2.75, 3.05) is 40.0 Å². The highest BCUT2D eigenvalue weighted by atomic mass is 127. The smallest absolute Gasteiger partial charge is 0.194 e. The van der Waals surface area contributed by atoms with Gasteiger partial charge in [-0.3, -0.25) is 0 Å². The Morgan fingerprint density at radius 1 is 1.28 bits per heavy atom. The number of likely N-dealkylation sites (tertiary alicyclic amines) is 1. The number of aliphatic imine (C=N–C) groups is 1. The molecule has 0 amide bonds. The minimum absolute atomic E-state index is 0. The van der Waals surface area contributed by atoms with Gasteiger partial charge in [0, 0.05) is 36.5 Å². The molecule has 3 heterocycles. The van der Waals surface area contributed by atoms with Crippen LogP contribution >= 0.6 is 35.3 Å². The molecule has 1 spiro atoms. The van der Waals surface area contributed by atoms with Gasteiger partial charge in [-0.2, -0.15) is 0 Å². The fourth-order valence-corrected chi connectivity index (χ4v) is 4.88. The third-order valence-corrected chi connectivity index (χ3v) is 6.64. The first-order valence-corrected chi connectivity index (χ1v) is 10.9. The molecule has 7 heteroatoms. The molecular weight excluding hydrogens is 497 g/mol. The molecular formula is C22H30IN3O2S. The summed E-state index contributed by atoms with van der Waals surface area (Å²) in [6.45, 7) is 7.66. The first-order valence-electron chi connectivity index (χ1n) is 10.0. The number of halogens is 1. The Hall–Kier alpha value is -1.32. The van der Waals surface area contributed by atoms with Gasteiger partial charge < -0.3 is 19.7 Å². The fourth-order valence-electron chi connectivity index (χ4n) is 4.06. The quantitative estimate of drug-likeness (QED) is 0.350. The van der Waals surface area contributed by atoms with Crippen molar-refractivity contribution in [3.05, 3.63) is 40.6 Å². The predicted octanol–water partition coefficient (Wildman–Crippen LogP) is 4.62. The van der Waals surface area contributed by atoms with Gasteiger partial charge in [0.25, 0.3) is 0 Å². The zero-order valence-corrected chi connectivity index (χ0v) is 20.3. The lowest BCUT2D eigenvalue weighted by atomic mass is 9.87. The van der Waals surface area contributed by atoms with Crippen molar-refractivity contribution in [1.82, 2.24) is 10.2 Å². The summed E-state index contributed by atoms with van der Waals surface area (Å²) in [7, 11) is 1.69. The summed E-state index contributed by atoms with van der Waals surface area (Å²) in [5, 5.41) is 5.69. The molecule has 1 aromatic heterocycles. The van der Waals surface area contributed by atoms with Gasteiger partial charge in [0.2, 0.25) is 0 Å². The van der Waals surface area contributed by atoms with Gasteiger partial charge in [-0.1, -0.05) is 12.1 Å². The van der Waals surface area contributed by atoms with Crippen molar-refractivity contribution < 1.29 is 9.47 Å². The van der Waals surface area contributed by atoms with Crippen LogP contribution in [0.3, 0.4) is 0 Å². The second kappa shape index (κ2) is 10.1. The third kappa shape index (κ3) is 5.24. The lowest BCUT2D eigenvalue weighted by molar-refractivity contribution is 0.156. The van der Waals surface area contributed by atoms with Crippen LogP contribution in [0, 0.1) is 5.41 Å². The van der Waals surface area contributed by atoms with Crippen LogP contribution in [0.5, 0.6) is 5.75 Å². The monoisotopic (exact) mass is 527 g/mol. The fraction of sp³-hybridized carbons (Fsp3) is 0.500. The Morgan fingerprint density at radius 2 is 2.10 bits per heavy atom. The number of thiophene rings is 1. The van der Waals surface area contributed by atoms with E-state index in [-0.39, 0.29) is 24.0 Å². The lowest BCUT2D eigenvalue weighted by Crippen LogP contribution is -2.41. The van der Waals surface area contributed by atoms with Crippen LogP contribution in [-0.4, -0.2) is 50.8 Å². The molecule has 2 aromatic rings. The van der Waals surface area contributed by atoms with Crippen LogP contribution in [0.25, 0.3) is 11.1 Å². The standard InChI is InChI=1S/C22H29N3O2S.HI/c1-3-23-21(25-10-8-22(15-25)9-11-27-16-22)24-13-20-12-18(14-28-20)17-4-6-19(26-2)7-5-17;/h4-7,12,14H,3,8-11,13,15-16H2,1-2H3,(H,23,24);1H. The maximum Gasteiger partial charge on any atom is 0.194 e. The average Bonchev–Trinajstić information content (AvgIpc) is 3.48. The number of hydrogen-bond acceptors (Lipinski definition) is 4. The maximum absolute atomic E-state index is 5.67. The van der Waals surface area contributed by atoms with Crippen molar-refractivity contribution in [1.29, 1.82) is 0 Å². The second-order valence-electron chi connectivity index (χ2n) is 7.67. The topological polar surface area (TPSA) is 46.1 Å². The normalized spacial score (nSPS) is 21.4. The second-order valence-corrected chi connectivity index (χ2v) is 8.67. The van der Waals surface area contributed by atoms with E-state index in [9.17, 15) is 0 Å². The van der Waals surface area contributed by atoms with E-state index in [0.717, 1.165) is 44.6 Å². The molecule has 29 heavy (non-hydrogen) atoms. The van der Waals surface area contributed by atoms with Gasteiger partial charge in [0.15, 0.2) is 5.96 Å². The minimum atomic E-state index is 0. The van der Waals surface area contributed by atoms with Crippen LogP contribution < -0.4 is 10.1 Å². The number of benzene rings is 1. The molecule has 2 aliphatic heterocycles. The van der Waals surface area contributed by atoms with Crippen molar-refractivity contribution >= 4 is 41.3 Å². The van der Waals surface area contributed by atoms with Crippen molar-refractivity contribution in [3.8, 4) is 16.9 Å².